The summed E-state index contributed by atoms with van der Waals surface area (Å²) in [6.07, 6.45) is 4.75. The summed E-state index contributed by atoms with van der Waals surface area (Å²) >= 11 is 0. The number of carbonyl (C=O) groups excluding carboxylic acids is 1. The topological polar surface area (TPSA) is 73.1 Å². The van der Waals surface area contributed by atoms with Crippen molar-refractivity contribution in [2.24, 2.45) is 0 Å². The fourth-order valence-electron chi connectivity index (χ4n) is 4.09. The summed E-state index contributed by atoms with van der Waals surface area (Å²) in [6.45, 7) is 7.46. The molecule has 3 heterocycles. The molecule has 0 aliphatic carbocycles. The highest BCUT2D eigenvalue weighted by molar-refractivity contribution is 5.76. The second-order valence-electron chi connectivity index (χ2n) is 6.77. The van der Waals surface area contributed by atoms with Crippen LogP contribution < -0.4 is 4.90 Å². The molecule has 2 atom stereocenters. The molecule has 128 valence electrons. The van der Waals surface area contributed by atoms with Gasteiger partial charge >= 0.3 is 0 Å². The van der Waals surface area contributed by atoms with E-state index in [1.54, 1.807) is 0 Å². The summed E-state index contributed by atoms with van der Waals surface area (Å²) in [5.41, 5.74) is 2.33. The molecule has 0 unspecified atom stereocenters. The van der Waals surface area contributed by atoms with Gasteiger partial charge in [0.2, 0.25) is 5.91 Å². The Morgan fingerprint density at radius 1 is 1.21 bits per heavy atom. The minimum absolute atomic E-state index is 0.231. The van der Waals surface area contributed by atoms with Gasteiger partial charge in [0.15, 0.2) is 5.82 Å². The molecule has 24 heavy (non-hydrogen) atoms. The largest absolute Gasteiger partial charge is 0.349 e. The van der Waals surface area contributed by atoms with Crippen LogP contribution in [0.15, 0.2) is 0 Å². The normalized spacial score (nSPS) is 23.6. The Labute approximate surface area is 143 Å². The number of carbonyl (C=O) groups is 1. The summed E-state index contributed by atoms with van der Waals surface area (Å²) in [4.78, 5) is 16.5. The second-order valence-corrected chi connectivity index (χ2v) is 6.77. The molecule has 1 aromatic heterocycles. The first-order chi connectivity index (χ1) is 11.6. The van der Waals surface area contributed by atoms with Gasteiger partial charge in [0.25, 0.3) is 0 Å². The molecule has 0 bridgehead atoms. The summed E-state index contributed by atoms with van der Waals surface area (Å²) < 4.78 is 0. The molecular formula is C18H25N5O. The lowest BCUT2D eigenvalue weighted by molar-refractivity contribution is -0.132. The monoisotopic (exact) mass is 327 g/mol. The average Bonchev–Trinajstić information content (AvgIpc) is 3.24. The first-order valence-electron chi connectivity index (χ1n) is 8.88. The van der Waals surface area contributed by atoms with E-state index in [4.69, 9.17) is 0 Å². The molecule has 2 aliphatic rings. The van der Waals surface area contributed by atoms with Crippen LogP contribution in [0.25, 0.3) is 0 Å². The van der Waals surface area contributed by atoms with Crippen molar-refractivity contribution in [2.75, 3.05) is 18.0 Å². The van der Waals surface area contributed by atoms with Gasteiger partial charge < -0.3 is 9.80 Å². The molecule has 1 aromatic rings. The Kier molecular flexibility index (Phi) is 4.70. The van der Waals surface area contributed by atoms with Gasteiger partial charge in [0.1, 0.15) is 11.6 Å². The number of likely N-dealkylation sites (tertiary alicyclic amines) is 1. The van der Waals surface area contributed by atoms with E-state index in [9.17, 15) is 10.1 Å². The van der Waals surface area contributed by atoms with Crippen LogP contribution in [0.5, 0.6) is 0 Å². The summed E-state index contributed by atoms with van der Waals surface area (Å²) in [6, 6.07) is 2.79. The van der Waals surface area contributed by atoms with E-state index in [2.05, 4.69) is 21.2 Å². The predicted molar refractivity (Wildman–Crippen MR) is 91.6 cm³/mol. The maximum Gasteiger partial charge on any atom is 0.222 e. The van der Waals surface area contributed by atoms with Crippen LogP contribution in [0.1, 0.15) is 55.8 Å². The van der Waals surface area contributed by atoms with Crippen LogP contribution >= 0.6 is 0 Å². The molecule has 0 saturated carbocycles. The van der Waals surface area contributed by atoms with Crippen molar-refractivity contribution in [1.29, 1.82) is 5.26 Å². The van der Waals surface area contributed by atoms with Crippen LogP contribution in [0.3, 0.4) is 0 Å². The van der Waals surface area contributed by atoms with Crippen molar-refractivity contribution in [1.82, 2.24) is 15.1 Å². The first-order valence-corrected chi connectivity index (χ1v) is 8.88. The zero-order valence-corrected chi connectivity index (χ0v) is 14.7. The average molecular weight is 327 g/mol. The van der Waals surface area contributed by atoms with Crippen molar-refractivity contribution in [2.45, 2.75) is 65.0 Å². The van der Waals surface area contributed by atoms with E-state index < -0.39 is 0 Å². The van der Waals surface area contributed by atoms with E-state index in [1.807, 2.05) is 25.7 Å². The van der Waals surface area contributed by atoms with Crippen LogP contribution in [-0.2, 0) is 4.79 Å². The fourth-order valence-corrected chi connectivity index (χ4v) is 4.09. The lowest BCUT2D eigenvalue weighted by atomic mass is 10.0. The second kappa shape index (κ2) is 6.76. The zero-order chi connectivity index (χ0) is 17.3. The summed E-state index contributed by atoms with van der Waals surface area (Å²) in [7, 11) is 0. The minimum atomic E-state index is 0.231. The molecule has 0 aromatic carbocycles. The Morgan fingerprint density at radius 2 is 1.92 bits per heavy atom. The number of amides is 1. The number of nitrogens with zero attached hydrogens (tertiary/aromatic N) is 5. The lowest BCUT2D eigenvalue weighted by Crippen LogP contribution is -2.48. The molecule has 6 heteroatoms. The molecule has 0 spiro atoms. The molecule has 2 fully saturated rings. The van der Waals surface area contributed by atoms with Gasteiger partial charge in [-0.15, -0.1) is 5.10 Å². The Balaban J connectivity index is 1.93. The van der Waals surface area contributed by atoms with Gasteiger partial charge in [-0.05, 0) is 45.1 Å². The number of nitriles is 1. The fraction of sp³-hybridized carbons (Fsp3) is 0.667. The Hall–Kier alpha value is -2.16. The van der Waals surface area contributed by atoms with Crippen molar-refractivity contribution < 1.29 is 4.79 Å². The van der Waals surface area contributed by atoms with E-state index in [1.165, 1.54) is 0 Å². The first kappa shape index (κ1) is 16.7. The van der Waals surface area contributed by atoms with Crippen LogP contribution in [0.4, 0.5) is 5.82 Å². The van der Waals surface area contributed by atoms with Crippen LogP contribution in [-0.4, -0.2) is 46.2 Å². The van der Waals surface area contributed by atoms with E-state index in [0.717, 1.165) is 50.0 Å². The van der Waals surface area contributed by atoms with Crippen molar-refractivity contribution in [3.63, 3.8) is 0 Å². The third-order valence-electron chi connectivity index (χ3n) is 5.49. The molecule has 0 N–H and O–H groups in total. The van der Waals surface area contributed by atoms with Gasteiger partial charge in [-0.25, -0.2) is 0 Å². The molecular weight excluding hydrogens is 302 g/mol. The van der Waals surface area contributed by atoms with Gasteiger partial charge in [0.05, 0.1) is 17.8 Å². The molecule has 2 saturated heterocycles. The SMILES string of the molecule is CCC(=O)N1CCC[C@H]1[C@@H]1CCCN1c1nnc(C)c(C)c1C#N. The molecule has 3 rings (SSSR count). The standard InChI is InChI=1S/C18H25N5O/c1-4-17(24)22-9-5-7-15(22)16-8-6-10-23(16)18-14(11-19)12(2)13(3)20-21-18/h15-16H,4-10H2,1-3H3/t15-,16-/m0/s1. The van der Waals surface area contributed by atoms with Crippen molar-refractivity contribution in [3.05, 3.63) is 16.8 Å². The maximum absolute atomic E-state index is 12.3. The number of hydrogen-bond acceptors (Lipinski definition) is 5. The number of rotatable bonds is 3. The Bertz CT molecular complexity index is 681. The number of anilines is 1. The lowest BCUT2D eigenvalue weighted by Gasteiger charge is -2.35. The highest BCUT2D eigenvalue weighted by Crippen LogP contribution is 2.34. The van der Waals surface area contributed by atoms with Gasteiger partial charge in [0, 0.05) is 19.5 Å². The molecule has 2 aliphatic heterocycles. The minimum Gasteiger partial charge on any atom is -0.349 e. The number of aromatic nitrogens is 2. The van der Waals surface area contributed by atoms with Crippen molar-refractivity contribution >= 4 is 11.7 Å². The summed E-state index contributed by atoms with van der Waals surface area (Å²) in [5.74, 6) is 0.926. The number of aryl methyl sites for hydroxylation is 1. The van der Waals surface area contributed by atoms with Crippen LogP contribution in [0, 0.1) is 25.2 Å². The van der Waals surface area contributed by atoms with Crippen LogP contribution in [0.2, 0.25) is 0 Å². The molecule has 6 nitrogen and oxygen atoms in total. The predicted octanol–water partition coefficient (Wildman–Crippen LogP) is 2.33. The zero-order valence-electron chi connectivity index (χ0n) is 14.7. The smallest absolute Gasteiger partial charge is 0.222 e. The van der Waals surface area contributed by atoms with Gasteiger partial charge in [-0.3, -0.25) is 4.79 Å². The van der Waals surface area contributed by atoms with E-state index >= 15 is 0 Å². The van der Waals surface area contributed by atoms with Gasteiger partial charge in [-0.2, -0.15) is 10.4 Å². The number of hydrogen-bond donors (Lipinski definition) is 0. The highest BCUT2D eigenvalue weighted by Gasteiger charge is 2.40. The third-order valence-corrected chi connectivity index (χ3v) is 5.49. The van der Waals surface area contributed by atoms with E-state index in [0.29, 0.717) is 17.8 Å². The van der Waals surface area contributed by atoms with E-state index in [-0.39, 0.29) is 18.0 Å². The van der Waals surface area contributed by atoms with Gasteiger partial charge in [-0.1, -0.05) is 6.92 Å². The molecule has 0 radical (unpaired) electrons. The highest BCUT2D eigenvalue weighted by atomic mass is 16.2. The maximum atomic E-state index is 12.3. The summed E-state index contributed by atoms with van der Waals surface area (Å²) in [5, 5.41) is 18.2. The molecule has 1 amide bonds. The Morgan fingerprint density at radius 3 is 2.62 bits per heavy atom. The van der Waals surface area contributed by atoms with Crippen molar-refractivity contribution in [3.8, 4) is 6.07 Å². The third kappa shape index (κ3) is 2.72. The quantitative estimate of drug-likeness (QED) is 0.852.